The molecule has 1 amide bonds. The van der Waals surface area contributed by atoms with Crippen LogP contribution in [0.1, 0.15) is 18.4 Å². The minimum absolute atomic E-state index is 0.164. The largest absolute Gasteiger partial charge is 0.462 e. The van der Waals surface area contributed by atoms with Crippen molar-refractivity contribution in [3.8, 4) is 0 Å². The van der Waals surface area contributed by atoms with Gasteiger partial charge in [-0.2, -0.15) is 0 Å². The second-order valence-corrected chi connectivity index (χ2v) is 4.08. The summed E-state index contributed by atoms with van der Waals surface area (Å²) in [6, 6.07) is 3.66. The van der Waals surface area contributed by atoms with E-state index in [-0.39, 0.29) is 5.91 Å². The van der Waals surface area contributed by atoms with Gasteiger partial charge in [0.1, 0.15) is 11.5 Å². The molecule has 0 saturated carbocycles. The Morgan fingerprint density at radius 1 is 1.56 bits per heavy atom. The lowest BCUT2D eigenvalue weighted by Crippen LogP contribution is -2.25. The highest BCUT2D eigenvalue weighted by molar-refractivity contribution is 5.91. The zero-order chi connectivity index (χ0) is 13.4. The molecular formula is C14H19NO3. The van der Waals surface area contributed by atoms with Crippen molar-refractivity contribution in [1.29, 1.82) is 0 Å². The Kier molecular flexibility index (Phi) is 5.94. The molecule has 0 fully saturated rings. The van der Waals surface area contributed by atoms with Crippen molar-refractivity contribution in [3.05, 3.63) is 41.9 Å². The SMILES string of the molecule is C=C(C)COCCNC(=O)/C=C/c1ccc(C)o1. The highest BCUT2D eigenvalue weighted by Gasteiger charge is 1.97. The summed E-state index contributed by atoms with van der Waals surface area (Å²) in [5.74, 6) is 1.33. The molecule has 4 nitrogen and oxygen atoms in total. The van der Waals surface area contributed by atoms with Gasteiger partial charge in [0.2, 0.25) is 5.91 Å². The molecule has 1 N–H and O–H groups in total. The number of rotatable bonds is 7. The lowest BCUT2D eigenvalue weighted by atomic mass is 10.4. The maximum absolute atomic E-state index is 11.4. The van der Waals surface area contributed by atoms with Crippen LogP contribution in [0.2, 0.25) is 0 Å². The number of nitrogens with one attached hydrogen (secondary N) is 1. The number of ether oxygens (including phenoxy) is 1. The monoisotopic (exact) mass is 249 g/mol. The van der Waals surface area contributed by atoms with E-state index in [2.05, 4.69) is 11.9 Å². The Morgan fingerprint density at radius 2 is 2.33 bits per heavy atom. The van der Waals surface area contributed by atoms with Crippen LogP contribution in [0.5, 0.6) is 0 Å². The highest BCUT2D eigenvalue weighted by Crippen LogP contribution is 2.07. The Labute approximate surface area is 107 Å². The summed E-state index contributed by atoms with van der Waals surface area (Å²) in [7, 11) is 0. The zero-order valence-electron chi connectivity index (χ0n) is 10.9. The van der Waals surface area contributed by atoms with Gasteiger partial charge in [-0.25, -0.2) is 0 Å². The molecule has 0 aliphatic carbocycles. The maximum atomic E-state index is 11.4. The average molecular weight is 249 g/mol. The molecule has 0 atom stereocenters. The summed E-state index contributed by atoms with van der Waals surface area (Å²) in [6.07, 6.45) is 3.08. The zero-order valence-corrected chi connectivity index (χ0v) is 10.9. The van der Waals surface area contributed by atoms with Crippen molar-refractivity contribution in [2.24, 2.45) is 0 Å². The Bertz CT molecular complexity index is 432. The Balaban J connectivity index is 2.17. The number of hydrogen-bond acceptors (Lipinski definition) is 3. The molecule has 98 valence electrons. The summed E-state index contributed by atoms with van der Waals surface area (Å²) >= 11 is 0. The molecular weight excluding hydrogens is 230 g/mol. The smallest absolute Gasteiger partial charge is 0.244 e. The van der Waals surface area contributed by atoms with Crippen molar-refractivity contribution in [2.75, 3.05) is 19.8 Å². The molecule has 0 aromatic carbocycles. The van der Waals surface area contributed by atoms with Gasteiger partial charge >= 0.3 is 0 Å². The second kappa shape index (κ2) is 7.50. The van der Waals surface area contributed by atoms with E-state index in [0.29, 0.717) is 25.5 Å². The molecule has 1 heterocycles. The summed E-state index contributed by atoms with van der Waals surface area (Å²) in [4.78, 5) is 11.4. The van der Waals surface area contributed by atoms with E-state index < -0.39 is 0 Å². The third kappa shape index (κ3) is 6.06. The van der Waals surface area contributed by atoms with Gasteiger partial charge in [0, 0.05) is 12.6 Å². The Morgan fingerprint density at radius 3 is 2.94 bits per heavy atom. The molecule has 0 aliphatic heterocycles. The number of furan rings is 1. The quantitative estimate of drug-likeness (QED) is 0.458. The van der Waals surface area contributed by atoms with Gasteiger partial charge in [-0.3, -0.25) is 4.79 Å². The first-order valence-corrected chi connectivity index (χ1v) is 5.82. The highest BCUT2D eigenvalue weighted by atomic mass is 16.5. The van der Waals surface area contributed by atoms with Crippen LogP contribution in [-0.2, 0) is 9.53 Å². The van der Waals surface area contributed by atoms with Crippen molar-refractivity contribution in [2.45, 2.75) is 13.8 Å². The van der Waals surface area contributed by atoms with Crippen molar-refractivity contribution in [3.63, 3.8) is 0 Å². The van der Waals surface area contributed by atoms with E-state index in [4.69, 9.17) is 9.15 Å². The van der Waals surface area contributed by atoms with Crippen LogP contribution in [0.3, 0.4) is 0 Å². The van der Waals surface area contributed by atoms with Gasteiger partial charge in [-0.15, -0.1) is 0 Å². The minimum atomic E-state index is -0.164. The molecule has 0 radical (unpaired) electrons. The van der Waals surface area contributed by atoms with Crippen LogP contribution in [0, 0.1) is 6.92 Å². The summed E-state index contributed by atoms with van der Waals surface area (Å²) in [6.45, 7) is 8.96. The first kappa shape index (κ1) is 14.3. The van der Waals surface area contributed by atoms with Crippen LogP contribution in [0.15, 0.2) is 34.8 Å². The molecule has 18 heavy (non-hydrogen) atoms. The van der Waals surface area contributed by atoms with E-state index in [0.717, 1.165) is 11.3 Å². The van der Waals surface area contributed by atoms with E-state index >= 15 is 0 Å². The molecule has 0 bridgehead atoms. The lowest BCUT2D eigenvalue weighted by Gasteiger charge is -2.03. The summed E-state index contributed by atoms with van der Waals surface area (Å²) < 4.78 is 10.6. The van der Waals surface area contributed by atoms with E-state index in [1.165, 1.54) is 6.08 Å². The fraction of sp³-hybridized carbons (Fsp3) is 0.357. The van der Waals surface area contributed by atoms with Gasteiger partial charge in [0.15, 0.2) is 0 Å². The normalized spacial score (nSPS) is 10.8. The molecule has 0 spiro atoms. The lowest BCUT2D eigenvalue weighted by molar-refractivity contribution is -0.116. The van der Waals surface area contributed by atoms with Crippen molar-refractivity contribution < 1.29 is 13.9 Å². The van der Waals surface area contributed by atoms with Crippen LogP contribution < -0.4 is 5.32 Å². The molecule has 0 saturated heterocycles. The summed E-state index contributed by atoms with van der Waals surface area (Å²) in [5.41, 5.74) is 0.967. The van der Waals surface area contributed by atoms with Gasteiger partial charge in [0.25, 0.3) is 0 Å². The van der Waals surface area contributed by atoms with Gasteiger partial charge in [-0.1, -0.05) is 12.2 Å². The molecule has 1 aromatic rings. The fourth-order valence-corrected chi connectivity index (χ4v) is 1.25. The van der Waals surface area contributed by atoms with Crippen LogP contribution in [0.25, 0.3) is 6.08 Å². The molecule has 0 aliphatic rings. The predicted molar refractivity (Wildman–Crippen MR) is 71.1 cm³/mol. The van der Waals surface area contributed by atoms with E-state index in [1.54, 1.807) is 6.08 Å². The number of amides is 1. The third-order valence-electron chi connectivity index (χ3n) is 2.05. The summed E-state index contributed by atoms with van der Waals surface area (Å²) in [5, 5.41) is 2.71. The van der Waals surface area contributed by atoms with E-state index in [1.807, 2.05) is 26.0 Å². The van der Waals surface area contributed by atoms with Crippen LogP contribution in [0.4, 0.5) is 0 Å². The maximum Gasteiger partial charge on any atom is 0.244 e. The predicted octanol–water partition coefficient (Wildman–Crippen LogP) is 2.31. The van der Waals surface area contributed by atoms with Gasteiger partial charge in [0.05, 0.1) is 13.2 Å². The van der Waals surface area contributed by atoms with Crippen molar-refractivity contribution >= 4 is 12.0 Å². The molecule has 4 heteroatoms. The first-order chi connectivity index (χ1) is 8.58. The molecule has 1 aromatic heterocycles. The third-order valence-corrected chi connectivity index (χ3v) is 2.05. The number of carbonyl (C=O) groups is 1. The van der Waals surface area contributed by atoms with Gasteiger partial charge in [-0.05, 0) is 32.1 Å². The number of carbonyl (C=O) groups excluding carboxylic acids is 1. The average Bonchev–Trinajstić information content (AvgIpc) is 2.71. The van der Waals surface area contributed by atoms with Gasteiger partial charge < -0.3 is 14.5 Å². The first-order valence-electron chi connectivity index (χ1n) is 5.82. The van der Waals surface area contributed by atoms with Crippen LogP contribution in [-0.4, -0.2) is 25.7 Å². The topological polar surface area (TPSA) is 51.5 Å². The molecule has 1 rings (SSSR count). The number of aryl methyl sites for hydroxylation is 1. The standard InChI is InChI=1S/C14H19NO3/c1-11(2)10-17-9-8-15-14(16)7-6-13-5-4-12(3)18-13/h4-7H,1,8-10H2,2-3H3,(H,15,16)/b7-6+. The fourth-order valence-electron chi connectivity index (χ4n) is 1.25. The molecule has 0 unspecified atom stereocenters. The van der Waals surface area contributed by atoms with Crippen molar-refractivity contribution in [1.82, 2.24) is 5.32 Å². The van der Waals surface area contributed by atoms with E-state index in [9.17, 15) is 4.79 Å². The second-order valence-electron chi connectivity index (χ2n) is 4.08. The minimum Gasteiger partial charge on any atom is -0.462 e. The number of hydrogen-bond donors (Lipinski definition) is 1. The van der Waals surface area contributed by atoms with Crippen LogP contribution >= 0.6 is 0 Å². The Hall–Kier alpha value is -1.81.